The first-order valence-corrected chi connectivity index (χ1v) is 6.66. The first kappa shape index (κ1) is 13.8. The van der Waals surface area contributed by atoms with Crippen molar-refractivity contribution in [3.8, 4) is 11.3 Å². The highest BCUT2D eigenvalue weighted by Gasteiger charge is 2.17. The van der Waals surface area contributed by atoms with Gasteiger partial charge in [-0.15, -0.1) is 0 Å². The molecule has 1 heterocycles. The lowest BCUT2D eigenvalue weighted by molar-refractivity contribution is 0.590. The summed E-state index contributed by atoms with van der Waals surface area (Å²) in [5.74, 6) is 0. The summed E-state index contributed by atoms with van der Waals surface area (Å²) in [7, 11) is 1.98. The van der Waals surface area contributed by atoms with Crippen LogP contribution in [0.1, 0.15) is 37.6 Å². The second kappa shape index (κ2) is 4.82. The van der Waals surface area contributed by atoms with Crippen molar-refractivity contribution in [2.45, 2.75) is 39.7 Å². The van der Waals surface area contributed by atoms with Gasteiger partial charge in [-0.05, 0) is 23.5 Å². The molecule has 0 aliphatic rings. The van der Waals surface area contributed by atoms with E-state index in [1.165, 1.54) is 16.7 Å². The van der Waals surface area contributed by atoms with Crippen LogP contribution >= 0.6 is 0 Å². The Balaban J connectivity index is 2.52. The third kappa shape index (κ3) is 2.56. The zero-order chi connectivity index (χ0) is 14.2. The average Bonchev–Trinajstić information content (AvgIpc) is 2.69. The molecule has 0 spiro atoms. The molecule has 0 fully saturated rings. The highest BCUT2D eigenvalue weighted by Crippen LogP contribution is 2.30. The van der Waals surface area contributed by atoms with Gasteiger partial charge in [0.15, 0.2) is 0 Å². The molecule has 0 aliphatic heterocycles. The minimum atomic E-state index is 0.171. The van der Waals surface area contributed by atoms with E-state index in [4.69, 9.17) is 5.73 Å². The number of hydrogen-bond donors (Lipinski definition) is 1. The van der Waals surface area contributed by atoms with E-state index in [1.807, 2.05) is 17.9 Å². The van der Waals surface area contributed by atoms with Crippen molar-refractivity contribution >= 4 is 0 Å². The molecule has 2 N–H and O–H groups in total. The molecular formula is C16H23N3. The minimum Gasteiger partial charge on any atom is -0.336 e. The number of aromatic nitrogens is 2. The average molecular weight is 257 g/mol. The van der Waals surface area contributed by atoms with Gasteiger partial charge in [0.05, 0.1) is 17.7 Å². The molecule has 19 heavy (non-hydrogen) atoms. The monoisotopic (exact) mass is 257 g/mol. The van der Waals surface area contributed by atoms with Gasteiger partial charge in [0.1, 0.15) is 0 Å². The third-order valence-electron chi connectivity index (χ3n) is 3.60. The van der Waals surface area contributed by atoms with Gasteiger partial charge in [-0.3, -0.25) is 0 Å². The Hall–Kier alpha value is -1.61. The summed E-state index contributed by atoms with van der Waals surface area (Å²) in [6.45, 7) is 9.33. The van der Waals surface area contributed by atoms with Gasteiger partial charge in [0.25, 0.3) is 0 Å². The topological polar surface area (TPSA) is 43.8 Å². The van der Waals surface area contributed by atoms with Crippen molar-refractivity contribution in [1.82, 2.24) is 9.55 Å². The first-order chi connectivity index (χ1) is 8.84. The summed E-state index contributed by atoms with van der Waals surface area (Å²) >= 11 is 0. The van der Waals surface area contributed by atoms with Crippen molar-refractivity contribution in [2.24, 2.45) is 12.8 Å². The molecule has 0 atom stereocenters. The SMILES string of the molecule is Cc1cc(C(C)(C)C)ccc1-c1ncn(C)c1CN. The van der Waals surface area contributed by atoms with Crippen LogP contribution in [0.4, 0.5) is 0 Å². The van der Waals surface area contributed by atoms with E-state index in [0.717, 1.165) is 11.4 Å². The normalized spacial score (nSPS) is 11.9. The predicted molar refractivity (Wildman–Crippen MR) is 80.0 cm³/mol. The molecule has 102 valence electrons. The van der Waals surface area contributed by atoms with E-state index in [2.05, 4.69) is 50.9 Å². The summed E-state index contributed by atoms with van der Waals surface area (Å²) in [5, 5.41) is 0. The molecule has 0 saturated carbocycles. The molecule has 0 saturated heterocycles. The van der Waals surface area contributed by atoms with Gasteiger partial charge in [-0.2, -0.15) is 0 Å². The molecule has 1 aromatic heterocycles. The fourth-order valence-electron chi connectivity index (χ4n) is 2.32. The number of aryl methyl sites for hydroxylation is 2. The number of rotatable bonds is 2. The van der Waals surface area contributed by atoms with E-state index in [-0.39, 0.29) is 5.41 Å². The lowest BCUT2D eigenvalue weighted by Crippen LogP contribution is -2.11. The lowest BCUT2D eigenvalue weighted by atomic mass is 9.85. The Labute approximate surface area is 115 Å². The number of hydrogen-bond acceptors (Lipinski definition) is 2. The van der Waals surface area contributed by atoms with Crippen LogP contribution in [0.25, 0.3) is 11.3 Å². The van der Waals surface area contributed by atoms with Crippen LogP contribution in [0.2, 0.25) is 0 Å². The maximum atomic E-state index is 5.82. The Morgan fingerprint density at radius 1 is 1.26 bits per heavy atom. The number of benzene rings is 1. The van der Waals surface area contributed by atoms with Crippen molar-refractivity contribution in [3.05, 3.63) is 41.3 Å². The second-order valence-corrected chi connectivity index (χ2v) is 6.13. The maximum absolute atomic E-state index is 5.82. The smallest absolute Gasteiger partial charge is 0.0953 e. The summed E-state index contributed by atoms with van der Waals surface area (Å²) in [6.07, 6.45) is 1.83. The van der Waals surface area contributed by atoms with Crippen molar-refractivity contribution in [1.29, 1.82) is 0 Å². The molecule has 0 unspecified atom stereocenters. The van der Waals surface area contributed by atoms with Gasteiger partial charge in [-0.1, -0.05) is 39.0 Å². The summed E-state index contributed by atoms with van der Waals surface area (Å²) in [6, 6.07) is 6.61. The largest absolute Gasteiger partial charge is 0.336 e. The van der Waals surface area contributed by atoms with Crippen LogP contribution in [0.3, 0.4) is 0 Å². The number of nitrogens with two attached hydrogens (primary N) is 1. The van der Waals surface area contributed by atoms with Gasteiger partial charge < -0.3 is 10.3 Å². The quantitative estimate of drug-likeness (QED) is 0.898. The van der Waals surface area contributed by atoms with E-state index >= 15 is 0 Å². The van der Waals surface area contributed by atoms with Gasteiger partial charge in [0, 0.05) is 19.2 Å². The zero-order valence-corrected chi connectivity index (χ0v) is 12.5. The highest BCUT2D eigenvalue weighted by atomic mass is 15.0. The number of imidazole rings is 1. The molecule has 0 amide bonds. The van der Waals surface area contributed by atoms with Crippen LogP contribution in [0.15, 0.2) is 24.5 Å². The zero-order valence-electron chi connectivity index (χ0n) is 12.5. The van der Waals surface area contributed by atoms with Crippen molar-refractivity contribution in [3.63, 3.8) is 0 Å². The molecule has 0 radical (unpaired) electrons. The van der Waals surface area contributed by atoms with Crippen LogP contribution < -0.4 is 5.73 Å². The van der Waals surface area contributed by atoms with Crippen LogP contribution in [-0.4, -0.2) is 9.55 Å². The van der Waals surface area contributed by atoms with E-state index < -0.39 is 0 Å². The molecule has 1 aromatic carbocycles. The summed E-state index contributed by atoms with van der Waals surface area (Å²) in [5.41, 5.74) is 11.8. The molecule has 2 rings (SSSR count). The molecule has 3 nitrogen and oxygen atoms in total. The Morgan fingerprint density at radius 3 is 2.47 bits per heavy atom. The standard InChI is InChI=1S/C16H23N3/c1-11-8-12(16(2,3)4)6-7-13(11)15-14(9-17)19(5)10-18-15/h6-8,10H,9,17H2,1-5H3. The Morgan fingerprint density at radius 2 is 1.95 bits per heavy atom. The Kier molecular flexibility index (Phi) is 3.50. The fraction of sp³-hybridized carbons (Fsp3) is 0.438. The fourth-order valence-corrected chi connectivity index (χ4v) is 2.32. The van der Waals surface area contributed by atoms with E-state index in [9.17, 15) is 0 Å². The Bertz CT molecular complexity index is 589. The van der Waals surface area contributed by atoms with Crippen molar-refractivity contribution < 1.29 is 0 Å². The van der Waals surface area contributed by atoms with Crippen LogP contribution in [0, 0.1) is 6.92 Å². The van der Waals surface area contributed by atoms with Crippen LogP contribution in [-0.2, 0) is 19.0 Å². The second-order valence-electron chi connectivity index (χ2n) is 6.13. The molecular weight excluding hydrogens is 234 g/mol. The van der Waals surface area contributed by atoms with Crippen LogP contribution in [0.5, 0.6) is 0 Å². The summed E-state index contributed by atoms with van der Waals surface area (Å²) in [4.78, 5) is 4.49. The third-order valence-corrected chi connectivity index (χ3v) is 3.60. The van der Waals surface area contributed by atoms with E-state index in [0.29, 0.717) is 6.54 Å². The lowest BCUT2D eigenvalue weighted by Gasteiger charge is -2.20. The molecule has 0 bridgehead atoms. The van der Waals surface area contributed by atoms with Gasteiger partial charge in [-0.25, -0.2) is 4.98 Å². The van der Waals surface area contributed by atoms with Crippen molar-refractivity contribution in [2.75, 3.05) is 0 Å². The molecule has 2 aromatic rings. The highest BCUT2D eigenvalue weighted by molar-refractivity contribution is 5.66. The molecule has 3 heteroatoms. The van der Waals surface area contributed by atoms with Gasteiger partial charge in [0.2, 0.25) is 0 Å². The van der Waals surface area contributed by atoms with E-state index in [1.54, 1.807) is 0 Å². The summed E-state index contributed by atoms with van der Waals surface area (Å²) < 4.78 is 1.99. The maximum Gasteiger partial charge on any atom is 0.0953 e. The number of nitrogens with zero attached hydrogens (tertiary/aromatic N) is 2. The molecule has 0 aliphatic carbocycles. The first-order valence-electron chi connectivity index (χ1n) is 6.66. The predicted octanol–water partition coefficient (Wildman–Crippen LogP) is 3.15. The minimum absolute atomic E-state index is 0.171. The van der Waals surface area contributed by atoms with Gasteiger partial charge >= 0.3 is 0 Å².